The Kier molecular flexibility index (Phi) is 3.41. The van der Waals surface area contributed by atoms with E-state index in [4.69, 9.17) is 9.26 Å². The fourth-order valence-electron chi connectivity index (χ4n) is 1.66. The highest BCUT2D eigenvalue weighted by atomic mass is 16.6. The van der Waals surface area contributed by atoms with Crippen molar-refractivity contribution in [2.45, 2.75) is 20.8 Å². The Hall–Kier alpha value is -2.17. The molecule has 2 heterocycles. The fraction of sp³-hybridized carbons (Fsp3) is 0.308. The zero-order valence-electron chi connectivity index (χ0n) is 10.6. The van der Waals surface area contributed by atoms with Gasteiger partial charge in [-0.25, -0.2) is 4.79 Å². The Morgan fingerprint density at radius 1 is 1.39 bits per heavy atom. The first-order valence-electron chi connectivity index (χ1n) is 5.70. The lowest BCUT2D eigenvalue weighted by atomic mass is 10.1. The summed E-state index contributed by atoms with van der Waals surface area (Å²) in [5.74, 6) is -0.402. The van der Waals surface area contributed by atoms with Crippen molar-refractivity contribution in [3.63, 3.8) is 0 Å². The molecular formula is C13H14N2O3. The van der Waals surface area contributed by atoms with Crippen molar-refractivity contribution in [1.29, 1.82) is 0 Å². The number of nitrogens with zero attached hydrogens (tertiary/aromatic N) is 2. The normalized spacial score (nSPS) is 10.4. The molecule has 2 aromatic rings. The van der Waals surface area contributed by atoms with Crippen molar-refractivity contribution in [1.82, 2.24) is 10.1 Å². The van der Waals surface area contributed by atoms with Crippen LogP contribution in [0, 0.1) is 13.8 Å². The SMILES string of the molecule is CCOC(=O)c1cc(-c2ccc(C)nc2C)no1. The van der Waals surface area contributed by atoms with Crippen LogP contribution in [0.3, 0.4) is 0 Å². The summed E-state index contributed by atoms with van der Waals surface area (Å²) < 4.78 is 9.80. The van der Waals surface area contributed by atoms with E-state index in [0.29, 0.717) is 12.3 Å². The average Bonchev–Trinajstić information content (AvgIpc) is 2.78. The Balaban J connectivity index is 2.32. The van der Waals surface area contributed by atoms with E-state index in [1.54, 1.807) is 13.0 Å². The van der Waals surface area contributed by atoms with Gasteiger partial charge in [0.25, 0.3) is 0 Å². The van der Waals surface area contributed by atoms with Gasteiger partial charge >= 0.3 is 5.97 Å². The number of carbonyl (C=O) groups is 1. The van der Waals surface area contributed by atoms with Crippen LogP contribution in [0.15, 0.2) is 22.7 Å². The molecule has 2 rings (SSSR count). The number of pyridine rings is 1. The van der Waals surface area contributed by atoms with E-state index < -0.39 is 5.97 Å². The predicted molar refractivity (Wildman–Crippen MR) is 65.2 cm³/mol. The molecule has 94 valence electrons. The average molecular weight is 246 g/mol. The minimum absolute atomic E-state index is 0.104. The number of carbonyl (C=O) groups excluding carboxylic acids is 1. The number of rotatable bonds is 3. The third-order valence-corrected chi connectivity index (χ3v) is 2.49. The first kappa shape index (κ1) is 12.3. The number of hydrogen-bond acceptors (Lipinski definition) is 5. The quantitative estimate of drug-likeness (QED) is 0.778. The van der Waals surface area contributed by atoms with Crippen LogP contribution in [-0.4, -0.2) is 22.7 Å². The Bertz CT molecular complexity index is 575. The van der Waals surface area contributed by atoms with Crippen molar-refractivity contribution in [3.8, 4) is 11.3 Å². The summed E-state index contributed by atoms with van der Waals surface area (Å²) in [5.41, 5.74) is 3.21. The summed E-state index contributed by atoms with van der Waals surface area (Å²) in [6.45, 7) is 5.86. The second-order valence-corrected chi connectivity index (χ2v) is 3.88. The highest BCUT2D eigenvalue weighted by Gasteiger charge is 2.16. The van der Waals surface area contributed by atoms with Gasteiger partial charge in [-0.1, -0.05) is 5.16 Å². The summed E-state index contributed by atoms with van der Waals surface area (Å²) in [4.78, 5) is 15.8. The van der Waals surface area contributed by atoms with E-state index in [1.807, 2.05) is 26.0 Å². The van der Waals surface area contributed by atoms with Crippen LogP contribution in [0.4, 0.5) is 0 Å². The van der Waals surface area contributed by atoms with Gasteiger partial charge in [-0.2, -0.15) is 0 Å². The summed E-state index contributed by atoms with van der Waals surface area (Å²) in [7, 11) is 0. The highest BCUT2D eigenvalue weighted by molar-refractivity contribution is 5.87. The molecule has 18 heavy (non-hydrogen) atoms. The van der Waals surface area contributed by atoms with Crippen molar-refractivity contribution >= 4 is 5.97 Å². The molecule has 0 fully saturated rings. The molecule has 0 aliphatic carbocycles. The molecule has 0 radical (unpaired) electrons. The van der Waals surface area contributed by atoms with E-state index in [9.17, 15) is 4.79 Å². The van der Waals surface area contributed by atoms with E-state index in [0.717, 1.165) is 17.0 Å². The van der Waals surface area contributed by atoms with Gasteiger partial charge in [0.15, 0.2) is 0 Å². The van der Waals surface area contributed by atoms with E-state index in [-0.39, 0.29) is 5.76 Å². The predicted octanol–water partition coefficient (Wildman–Crippen LogP) is 2.53. The van der Waals surface area contributed by atoms with Crippen LogP contribution in [0.5, 0.6) is 0 Å². The maximum absolute atomic E-state index is 11.5. The van der Waals surface area contributed by atoms with Gasteiger partial charge in [-0.05, 0) is 32.9 Å². The summed E-state index contributed by atoms with van der Waals surface area (Å²) in [6.07, 6.45) is 0. The number of aryl methyl sites for hydroxylation is 2. The monoisotopic (exact) mass is 246 g/mol. The molecule has 0 atom stereocenters. The lowest BCUT2D eigenvalue weighted by molar-refractivity contribution is 0.0480. The van der Waals surface area contributed by atoms with E-state index in [2.05, 4.69) is 10.1 Å². The van der Waals surface area contributed by atoms with Crippen LogP contribution < -0.4 is 0 Å². The molecule has 0 aliphatic rings. The zero-order valence-corrected chi connectivity index (χ0v) is 10.6. The second-order valence-electron chi connectivity index (χ2n) is 3.88. The summed E-state index contributed by atoms with van der Waals surface area (Å²) in [5, 5.41) is 3.86. The molecule has 5 nitrogen and oxygen atoms in total. The smallest absolute Gasteiger partial charge is 0.377 e. The number of ether oxygens (including phenoxy) is 1. The van der Waals surface area contributed by atoms with Gasteiger partial charge in [0.1, 0.15) is 5.69 Å². The molecule has 0 saturated heterocycles. The standard InChI is InChI=1S/C13H14N2O3/c1-4-17-13(16)12-7-11(15-18-12)10-6-5-8(2)14-9(10)3/h5-7H,4H2,1-3H3. The minimum Gasteiger partial charge on any atom is -0.460 e. The zero-order chi connectivity index (χ0) is 13.1. The van der Waals surface area contributed by atoms with Crippen LogP contribution in [0.1, 0.15) is 28.9 Å². The number of esters is 1. The topological polar surface area (TPSA) is 65.2 Å². The number of hydrogen-bond donors (Lipinski definition) is 0. The molecule has 0 spiro atoms. The molecule has 0 amide bonds. The first-order chi connectivity index (χ1) is 8.61. The fourth-order valence-corrected chi connectivity index (χ4v) is 1.66. The van der Waals surface area contributed by atoms with E-state index in [1.165, 1.54) is 0 Å². The maximum atomic E-state index is 11.5. The third-order valence-electron chi connectivity index (χ3n) is 2.49. The van der Waals surface area contributed by atoms with Crippen LogP contribution >= 0.6 is 0 Å². The number of aromatic nitrogens is 2. The molecule has 0 aliphatic heterocycles. The van der Waals surface area contributed by atoms with Crippen molar-refractivity contribution < 1.29 is 14.1 Å². The molecule has 0 unspecified atom stereocenters. The van der Waals surface area contributed by atoms with Gasteiger partial charge in [0, 0.05) is 23.0 Å². The maximum Gasteiger partial charge on any atom is 0.377 e. The van der Waals surface area contributed by atoms with Gasteiger partial charge < -0.3 is 9.26 Å². The third kappa shape index (κ3) is 2.40. The summed E-state index contributed by atoms with van der Waals surface area (Å²) in [6, 6.07) is 5.36. The van der Waals surface area contributed by atoms with Crippen LogP contribution in [0.2, 0.25) is 0 Å². The van der Waals surface area contributed by atoms with Gasteiger partial charge in [0.2, 0.25) is 5.76 Å². The molecule has 0 saturated carbocycles. The largest absolute Gasteiger partial charge is 0.460 e. The molecule has 0 N–H and O–H groups in total. The molecular weight excluding hydrogens is 232 g/mol. The van der Waals surface area contributed by atoms with Gasteiger partial charge in [-0.15, -0.1) is 0 Å². The highest BCUT2D eigenvalue weighted by Crippen LogP contribution is 2.22. The lowest BCUT2D eigenvalue weighted by Crippen LogP contribution is -2.02. The van der Waals surface area contributed by atoms with E-state index >= 15 is 0 Å². The summed E-state index contributed by atoms with van der Waals surface area (Å²) >= 11 is 0. The molecule has 0 aromatic carbocycles. The lowest BCUT2D eigenvalue weighted by Gasteiger charge is -2.01. The Morgan fingerprint density at radius 3 is 2.83 bits per heavy atom. The minimum atomic E-state index is -0.506. The van der Waals surface area contributed by atoms with Crippen molar-refractivity contribution in [2.24, 2.45) is 0 Å². The first-order valence-corrected chi connectivity index (χ1v) is 5.70. The molecule has 0 bridgehead atoms. The molecule has 2 aromatic heterocycles. The van der Waals surface area contributed by atoms with Crippen molar-refractivity contribution in [2.75, 3.05) is 6.61 Å². The van der Waals surface area contributed by atoms with Crippen LogP contribution in [-0.2, 0) is 4.74 Å². The Morgan fingerprint density at radius 2 is 2.17 bits per heavy atom. The Labute approximate surface area is 105 Å². The van der Waals surface area contributed by atoms with Gasteiger partial charge in [-0.3, -0.25) is 4.98 Å². The van der Waals surface area contributed by atoms with Gasteiger partial charge in [0.05, 0.1) is 6.61 Å². The van der Waals surface area contributed by atoms with Crippen molar-refractivity contribution in [3.05, 3.63) is 35.3 Å². The van der Waals surface area contributed by atoms with Crippen LogP contribution in [0.25, 0.3) is 11.3 Å². The molecule has 5 heteroatoms. The second kappa shape index (κ2) is 5.00.